The van der Waals surface area contributed by atoms with Crippen LogP contribution in [0.3, 0.4) is 0 Å². The Morgan fingerprint density at radius 2 is 2.06 bits per heavy atom. The first-order valence-corrected chi connectivity index (χ1v) is 6.39. The van der Waals surface area contributed by atoms with Gasteiger partial charge in [0.2, 0.25) is 0 Å². The van der Waals surface area contributed by atoms with Crippen molar-refractivity contribution in [3.05, 3.63) is 23.8 Å². The van der Waals surface area contributed by atoms with Crippen molar-refractivity contribution in [1.29, 1.82) is 0 Å². The van der Waals surface area contributed by atoms with Gasteiger partial charge in [0.05, 0.1) is 18.4 Å². The molecule has 0 aromatic heterocycles. The summed E-state index contributed by atoms with van der Waals surface area (Å²) in [4.78, 5) is -0.248. The monoisotopic (exact) mass is 261 g/mol. The van der Waals surface area contributed by atoms with Gasteiger partial charge in [-0.1, -0.05) is 6.07 Å². The highest BCUT2D eigenvalue weighted by Gasteiger charge is 2.16. The maximum absolute atomic E-state index is 11.1. The largest absolute Gasteiger partial charge is 0.394 e. The van der Waals surface area contributed by atoms with E-state index in [1.54, 1.807) is 13.0 Å². The third-order valence-electron chi connectivity index (χ3n) is 2.15. The van der Waals surface area contributed by atoms with Crippen molar-refractivity contribution in [2.24, 2.45) is 0 Å². The number of hydrogen-bond donors (Lipinski definition) is 4. The molecule has 0 aliphatic carbocycles. The average Bonchev–Trinajstić information content (AvgIpc) is 2.25. The summed E-state index contributed by atoms with van der Waals surface area (Å²) in [5.74, 6) is 0. The highest BCUT2D eigenvalue weighted by atomic mass is 32.2. The van der Waals surface area contributed by atoms with Crippen LogP contribution in [-0.2, 0) is 10.1 Å². The minimum Gasteiger partial charge on any atom is -0.394 e. The summed E-state index contributed by atoms with van der Waals surface area (Å²) in [6.07, 6.45) is -0.995. The van der Waals surface area contributed by atoms with Crippen molar-refractivity contribution < 1.29 is 23.2 Å². The second-order valence-corrected chi connectivity index (χ2v) is 5.08. The van der Waals surface area contributed by atoms with Gasteiger partial charge in [-0.3, -0.25) is 4.55 Å². The van der Waals surface area contributed by atoms with Gasteiger partial charge in [0, 0.05) is 6.54 Å². The van der Waals surface area contributed by atoms with Crippen molar-refractivity contribution in [3.8, 4) is 0 Å². The molecule has 6 nitrogen and oxygen atoms in total. The Morgan fingerprint density at radius 3 is 2.59 bits per heavy atom. The minimum atomic E-state index is -4.32. The molecular formula is C10H15NO5S. The fourth-order valence-corrected chi connectivity index (χ4v) is 2.03. The van der Waals surface area contributed by atoms with E-state index < -0.39 is 22.8 Å². The molecule has 0 heterocycles. The first-order chi connectivity index (χ1) is 7.84. The normalized spacial score (nSPS) is 13.4. The molecule has 1 atom stereocenters. The van der Waals surface area contributed by atoms with E-state index in [1.807, 2.05) is 0 Å². The molecule has 0 fully saturated rings. The van der Waals surface area contributed by atoms with Crippen LogP contribution in [0.5, 0.6) is 0 Å². The molecule has 0 amide bonds. The summed E-state index contributed by atoms with van der Waals surface area (Å²) in [5.41, 5.74) is 0.872. The third kappa shape index (κ3) is 3.97. The molecule has 1 unspecified atom stereocenters. The van der Waals surface area contributed by atoms with Gasteiger partial charge in [0.1, 0.15) is 4.90 Å². The topological polar surface area (TPSA) is 107 Å². The molecule has 17 heavy (non-hydrogen) atoms. The molecule has 4 N–H and O–H groups in total. The number of benzene rings is 1. The lowest BCUT2D eigenvalue weighted by Crippen LogP contribution is -2.23. The van der Waals surface area contributed by atoms with E-state index in [2.05, 4.69) is 5.32 Å². The molecule has 1 aromatic carbocycles. The Morgan fingerprint density at radius 1 is 1.41 bits per heavy atom. The Hall–Kier alpha value is -1.15. The molecule has 1 rings (SSSR count). The molecule has 0 radical (unpaired) electrons. The van der Waals surface area contributed by atoms with Crippen molar-refractivity contribution >= 4 is 15.8 Å². The first-order valence-electron chi connectivity index (χ1n) is 4.95. The molecule has 96 valence electrons. The summed E-state index contributed by atoms with van der Waals surface area (Å²) in [7, 11) is -4.32. The van der Waals surface area contributed by atoms with Crippen molar-refractivity contribution in [1.82, 2.24) is 0 Å². The van der Waals surface area contributed by atoms with Gasteiger partial charge in [-0.05, 0) is 24.6 Å². The van der Waals surface area contributed by atoms with Crippen LogP contribution in [0.25, 0.3) is 0 Å². The lowest BCUT2D eigenvalue weighted by atomic mass is 10.2. The van der Waals surface area contributed by atoms with Crippen LogP contribution >= 0.6 is 0 Å². The van der Waals surface area contributed by atoms with E-state index in [1.165, 1.54) is 12.1 Å². The summed E-state index contributed by atoms with van der Waals surface area (Å²) in [6, 6.07) is 4.48. The van der Waals surface area contributed by atoms with Gasteiger partial charge in [-0.25, -0.2) is 0 Å². The molecule has 0 saturated carbocycles. The Labute approximate surface area is 99.7 Å². The summed E-state index contributed by atoms with van der Waals surface area (Å²) >= 11 is 0. The number of aryl methyl sites for hydroxylation is 1. The Bertz CT molecular complexity index is 485. The predicted octanol–water partition coefficient (Wildman–Crippen LogP) is 0.00682. The highest BCUT2D eigenvalue weighted by Crippen LogP contribution is 2.22. The van der Waals surface area contributed by atoms with Gasteiger partial charge in [0.25, 0.3) is 10.1 Å². The summed E-state index contributed by atoms with van der Waals surface area (Å²) in [6.45, 7) is 1.25. The van der Waals surface area contributed by atoms with Crippen LogP contribution in [0.2, 0.25) is 0 Å². The van der Waals surface area contributed by atoms with Crippen LogP contribution in [0.4, 0.5) is 5.69 Å². The Balaban J connectivity index is 3.00. The van der Waals surface area contributed by atoms with Gasteiger partial charge < -0.3 is 15.5 Å². The third-order valence-corrected chi connectivity index (χ3v) is 3.05. The van der Waals surface area contributed by atoms with Crippen LogP contribution < -0.4 is 5.32 Å². The molecule has 1 aromatic rings. The SMILES string of the molecule is Cc1ccc(NCC(O)CO)c(S(=O)(=O)O)c1. The zero-order valence-corrected chi connectivity index (χ0v) is 10.1. The number of hydrogen-bond acceptors (Lipinski definition) is 5. The van der Waals surface area contributed by atoms with Gasteiger partial charge >= 0.3 is 0 Å². The lowest BCUT2D eigenvalue weighted by molar-refractivity contribution is 0.105. The first kappa shape index (κ1) is 13.9. The van der Waals surface area contributed by atoms with Crippen molar-refractivity contribution in [2.45, 2.75) is 17.9 Å². The standard InChI is InChI=1S/C10H15NO5S/c1-7-2-3-9(11-5-8(13)6-12)10(4-7)17(14,15)16/h2-4,8,11-13H,5-6H2,1H3,(H,14,15,16). The smallest absolute Gasteiger partial charge is 0.296 e. The second-order valence-electron chi connectivity index (χ2n) is 3.69. The molecule has 7 heteroatoms. The number of nitrogens with one attached hydrogen (secondary N) is 1. The molecule has 0 bridgehead atoms. The van der Waals surface area contributed by atoms with E-state index in [9.17, 15) is 8.42 Å². The van der Waals surface area contributed by atoms with E-state index in [0.717, 1.165) is 0 Å². The predicted molar refractivity (Wildman–Crippen MR) is 62.6 cm³/mol. The Kier molecular flexibility index (Phi) is 4.47. The molecule has 0 aliphatic rings. The van der Waals surface area contributed by atoms with E-state index in [0.29, 0.717) is 5.56 Å². The molecule has 0 spiro atoms. The molecule has 0 aliphatic heterocycles. The quantitative estimate of drug-likeness (QED) is 0.556. The van der Waals surface area contributed by atoms with Gasteiger partial charge in [-0.15, -0.1) is 0 Å². The maximum atomic E-state index is 11.1. The minimum absolute atomic E-state index is 0.0118. The van der Waals surface area contributed by atoms with Crippen LogP contribution in [0, 0.1) is 6.92 Å². The second kappa shape index (κ2) is 5.46. The number of anilines is 1. The number of aliphatic hydroxyl groups is 2. The van der Waals surface area contributed by atoms with E-state index >= 15 is 0 Å². The van der Waals surface area contributed by atoms with Crippen LogP contribution in [0.15, 0.2) is 23.1 Å². The van der Waals surface area contributed by atoms with E-state index in [4.69, 9.17) is 14.8 Å². The maximum Gasteiger partial charge on any atom is 0.296 e. The highest BCUT2D eigenvalue weighted by molar-refractivity contribution is 7.86. The molecular weight excluding hydrogens is 246 g/mol. The number of aliphatic hydroxyl groups excluding tert-OH is 2. The average molecular weight is 261 g/mol. The van der Waals surface area contributed by atoms with E-state index in [-0.39, 0.29) is 17.1 Å². The zero-order chi connectivity index (χ0) is 13.1. The van der Waals surface area contributed by atoms with Gasteiger partial charge in [-0.2, -0.15) is 8.42 Å². The van der Waals surface area contributed by atoms with Crippen LogP contribution in [-0.4, -0.2) is 42.4 Å². The zero-order valence-electron chi connectivity index (χ0n) is 9.29. The summed E-state index contributed by atoms with van der Waals surface area (Å²) < 4.78 is 31.3. The van der Waals surface area contributed by atoms with Crippen molar-refractivity contribution in [3.63, 3.8) is 0 Å². The molecule has 0 saturated heterocycles. The fraction of sp³-hybridized carbons (Fsp3) is 0.400. The fourth-order valence-electron chi connectivity index (χ4n) is 1.28. The number of rotatable bonds is 5. The van der Waals surface area contributed by atoms with Crippen LogP contribution in [0.1, 0.15) is 5.56 Å². The summed E-state index contributed by atoms with van der Waals surface area (Å²) in [5, 5.41) is 20.4. The lowest BCUT2D eigenvalue weighted by Gasteiger charge is -2.13. The van der Waals surface area contributed by atoms with Gasteiger partial charge in [0.15, 0.2) is 0 Å². The van der Waals surface area contributed by atoms with Crippen molar-refractivity contribution in [2.75, 3.05) is 18.5 Å².